The molecule has 0 aliphatic heterocycles. The molecule has 0 aliphatic carbocycles. The van der Waals surface area contributed by atoms with E-state index in [1.54, 1.807) is 0 Å². The molecule has 0 fully saturated rings. The van der Waals surface area contributed by atoms with Gasteiger partial charge in [-0.05, 0) is 54.7 Å². The van der Waals surface area contributed by atoms with Gasteiger partial charge in [0, 0.05) is 0 Å². The van der Waals surface area contributed by atoms with Crippen LogP contribution in [0.25, 0.3) is 11.1 Å². The van der Waals surface area contributed by atoms with Gasteiger partial charge in [0.05, 0.1) is 19.0 Å². The molecule has 5 nitrogen and oxygen atoms in total. The maximum atomic E-state index is 10.7. The third-order valence-electron chi connectivity index (χ3n) is 5.87. The molecule has 0 saturated carbocycles. The van der Waals surface area contributed by atoms with Crippen LogP contribution >= 0.6 is 0 Å². The molecular weight excluding hydrogens is 448 g/mol. The molecule has 0 heterocycles. The summed E-state index contributed by atoms with van der Waals surface area (Å²) < 4.78 is 41.7. The molecule has 0 spiro atoms. The van der Waals surface area contributed by atoms with Crippen LogP contribution in [0, 0.1) is 0 Å². The highest BCUT2D eigenvalue weighted by molar-refractivity contribution is 7.85. The van der Waals surface area contributed by atoms with E-state index in [0.29, 0.717) is 19.4 Å². The lowest BCUT2D eigenvalue weighted by atomic mass is 10.1. The topological polar surface area (TPSA) is 72.8 Å². The SMILES string of the molecule is CCCCCCCCCCCCOc1ccc(-c2ccc(OCCCCS(=O)(=O)O)cc2)cc1. The molecule has 34 heavy (non-hydrogen) atoms. The van der Waals surface area contributed by atoms with Crippen LogP contribution in [-0.2, 0) is 10.1 Å². The zero-order valence-corrected chi connectivity index (χ0v) is 21.5. The van der Waals surface area contributed by atoms with Crippen LogP contribution in [0.4, 0.5) is 0 Å². The summed E-state index contributed by atoms with van der Waals surface area (Å²) in [6.07, 6.45) is 14.2. The molecule has 0 radical (unpaired) electrons. The van der Waals surface area contributed by atoms with Crippen LogP contribution in [0.15, 0.2) is 48.5 Å². The van der Waals surface area contributed by atoms with E-state index in [0.717, 1.165) is 35.7 Å². The molecule has 2 rings (SSSR count). The van der Waals surface area contributed by atoms with Crippen molar-refractivity contribution in [3.8, 4) is 22.6 Å². The fourth-order valence-electron chi connectivity index (χ4n) is 3.84. The second kappa shape index (κ2) is 16.6. The number of hydrogen-bond donors (Lipinski definition) is 1. The highest BCUT2D eigenvalue weighted by atomic mass is 32.2. The van der Waals surface area contributed by atoms with E-state index in [1.807, 2.05) is 36.4 Å². The van der Waals surface area contributed by atoms with Crippen molar-refractivity contribution in [2.45, 2.75) is 84.0 Å². The maximum Gasteiger partial charge on any atom is 0.264 e. The van der Waals surface area contributed by atoms with Gasteiger partial charge in [0.2, 0.25) is 0 Å². The lowest BCUT2D eigenvalue weighted by Crippen LogP contribution is -2.06. The van der Waals surface area contributed by atoms with Gasteiger partial charge in [-0.15, -0.1) is 0 Å². The Morgan fingerprint density at radius 2 is 0.971 bits per heavy atom. The van der Waals surface area contributed by atoms with Crippen molar-refractivity contribution in [3.05, 3.63) is 48.5 Å². The summed E-state index contributed by atoms with van der Waals surface area (Å²) in [5.74, 6) is 1.42. The van der Waals surface area contributed by atoms with Crippen molar-refractivity contribution >= 4 is 10.1 Å². The molecule has 0 atom stereocenters. The van der Waals surface area contributed by atoms with Crippen LogP contribution in [-0.4, -0.2) is 31.9 Å². The monoisotopic (exact) mass is 490 g/mol. The Morgan fingerprint density at radius 3 is 1.38 bits per heavy atom. The van der Waals surface area contributed by atoms with E-state index in [1.165, 1.54) is 57.8 Å². The summed E-state index contributed by atoms with van der Waals surface area (Å²) in [4.78, 5) is 0. The van der Waals surface area contributed by atoms with E-state index in [9.17, 15) is 8.42 Å². The van der Waals surface area contributed by atoms with Gasteiger partial charge >= 0.3 is 0 Å². The molecule has 2 aromatic carbocycles. The standard InChI is InChI=1S/C28H42O5S/c1-2-3-4-5-6-7-8-9-10-11-22-32-27-18-14-25(15-19-27)26-16-20-28(21-17-26)33-23-12-13-24-34(29,30)31/h14-21H,2-13,22-24H2,1H3,(H,29,30,31). The van der Waals surface area contributed by atoms with Gasteiger partial charge in [-0.1, -0.05) is 89.0 Å². The summed E-state index contributed by atoms with van der Waals surface area (Å²) in [6.45, 7) is 3.45. The van der Waals surface area contributed by atoms with E-state index < -0.39 is 10.1 Å². The van der Waals surface area contributed by atoms with Gasteiger partial charge in [0.15, 0.2) is 0 Å². The molecule has 1 N–H and O–H groups in total. The van der Waals surface area contributed by atoms with Crippen molar-refractivity contribution < 1.29 is 22.4 Å². The predicted molar refractivity (Wildman–Crippen MR) is 140 cm³/mol. The molecule has 2 aromatic rings. The number of hydrogen-bond acceptors (Lipinski definition) is 4. The maximum absolute atomic E-state index is 10.7. The van der Waals surface area contributed by atoms with E-state index in [4.69, 9.17) is 14.0 Å². The van der Waals surface area contributed by atoms with Gasteiger partial charge in [0.1, 0.15) is 11.5 Å². The number of ether oxygens (including phenoxy) is 2. The number of benzene rings is 2. The molecule has 0 aliphatic rings. The number of rotatable bonds is 19. The van der Waals surface area contributed by atoms with Crippen molar-refractivity contribution in [1.29, 1.82) is 0 Å². The fraction of sp³-hybridized carbons (Fsp3) is 0.571. The van der Waals surface area contributed by atoms with Gasteiger partial charge in [-0.25, -0.2) is 0 Å². The largest absolute Gasteiger partial charge is 0.494 e. The highest BCUT2D eigenvalue weighted by Gasteiger charge is 2.04. The quantitative estimate of drug-likeness (QED) is 0.161. The first-order chi connectivity index (χ1) is 16.5. The Hall–Kier alpha value is -2.05. The summed E-state index contributed by atoms with van der Waals surface area (Å²) in [5, 5.41) is 0. The van der Waals surface area contributed by atoms with Crippen molar-refractivity contribution in [3.63, 3.8) is 0 Å². The second-order valence-corrected chi connectivity index (χ2v) is 10.5. The normalized spacial score (nSPS) is 11.5. The van der Waals surface area contributed by atoms with Crippen LogP contribution in [0.5, 0.6) is 11.5 Å². The second-order valence-electron chi connectivity index (χ2n) is 8.92. The van der Waals surface area contributed by atoms with Crippen LogP contribution in [0.2, 0.25) is 0 Å². The fourth-order valence-corrected chi connectivity index (χ4v) is 4.41. The molecule has 190 valence electrons. The van der Waals surface area contributed by atoms with Gasteiger partial charge < -0.3 is 9.47 Å². The smallest absolute Gasteiger partial charge is 0.264 e. The van der Waals surface area contributed by atoms with Crippen molar-refractivity contribution in [2.75, 3.05) is 19.0 Å². The van der Waals surface area contributed by atoms with E-state index >= 15 is 0 Å². The molecule has 0 amide bonds. The first-order valence-electron chi connectivity index (χ1n) is 12.9. The third-order valence-corrected chi connectivity index (χ3v) is 6.68. The number of unbranched alkanes of at least 4 members (excludes halogenated alkanes) is 10. The van der Waals surface area contributed by atoms with Crippen molar-refractivity contribution in [1.82, 2.24) is 0 Å². The molecule has 0 saturated heterocycles. The van der Waals surface area contributed by atoms with E-state index in [-0.39, 0.29) is 5.75 Å². The third kappa shape index (κ3) is 13.0. The predicted octanol–water partition coefficient (Wildman–Crippen LogP) is 7.70. The lowest BCUT2D eigenvalue weighted by Gasteiger charge is -2.09. The first-order valence-corrected chi connectivity index (χ1v) is 14.5. The Morgan fingerprint density at radius 1 is 0.588 bits per heavy atom. The van der Waals surface area contributed by atoms with Gasteiger partial charge in [-0.2, -0.15) is 8.42 Å². The van der Waals surface area contributed by atoms with Crippen LogP contribution in [0.1, 0.15) is 84.0 Å². The van der Waals surface area contributed by atoms with Gasteiger partial charge in [0.25, 0.3) is 10.1 Å². The molecule has 6 heteroatoms. The molecule has 0 aromatic heterocycles. The molecular formula is C28H42O5S. The first kappa shape index (κ1) is 28.2. The Kier molecular flexibility index (Phi) is 13.7. The summed E-state index contributed by atoms with van der Waals surface area (Å²) in [5.41, 5.74) is 2.21. The van der Waals surface area contributed by atoms with Crippen LogP contribution in [0.3, 0.4) is 0 Å². The average molecular weight is 491 g/mol. The minimum atomic E-state index is -3.89. The molecule has 0 bridgehead atoms. The Labute approximate surface area is 206 Å². The average Bonchev–Trinajstić information content (AvgIpc) is 2.82. The minimum Gasteiger partial charge on any atom is -0.494 e. The summed E-state index contributed by atoms with van der Waals surface area (Å²) in [6, 6.07) is 16.0. The zero-order valence-electron chi connectivity index (χ0n) is 20.7. The van der Waals surface area contributed by atoms with E-state index in [2.05, 4.69) is 19.1 Å². The summed E-state index contributed by atoms with van der Waals surface area (Å²) >= 11 is 0. The van der Waals surface area contributed by atoms with Crippen molar-refractivity contribution in [2.24, 2.45) is 0 Å². The zero-order chi connectivity index (χ0) is 24.5. The lowest BCUT2D eigenvalue weighted by molar-refractivity contribution is 0.304. The minimum absolute atomic E-state index is 0.228. The molecule has 0 unspecified atom stereocenters. The summed E-state index contributed by atoms with van der Waals surface area (Å²) in [7, 11) is -3.89. The Balaban J connectivity index is 1.59. The van der Waals surface area contributed by atoms with Crippen LogP contribution < -0.4 is 9.47 Å². The highest BCUT2D eigenvalue weighted by Crippen LogP contribution is 2.25. The Bertz CT molecular complexity index is 876. The van der Waals surface area contributed by atoms with Gasteiger partial charge in [-0.3, -0.25) is 4.55 Å².